The number of rotatable bonds is 6. The number of benzene rings is 2. The summed E-state index contributed by atoms with van der Waals surface area (Å²) >= 11 is 3.46. The molecule has 0 spiro atoms. The summed E-state index contributed by atoms with van der Waals surface area (Å²) in [5.41, 5.74) is 2.81. The van der Waals surface area contributed by atoms with Gasteiger partial charge in [0, 0.05) is 42.2 Å². The zero-order chi connectivity index (χ0) is 23.2. The molecule has 0 aliphatic carbocycles. The molecule has 2 aliphatic rings. The third-order valence-electron chi connectivity index (χ3n) is 6.41. The minimum absolute atomic E-state index is 0.139. The number of halogens is 1. The van der Waals surface area contributed by atoms with Gasteiger partial charge in [0.25, 0.3) is 5.91 Å². The van der Waals surface area contributed by atoms with E-state index in [1.54, 1.807) is 36.5 Å². The largest absolute Gasteiger partial charge is 0.352 e. The number of hydrogen-bond donors (Lipinski definition) is 1. The van der Waals surface area contributed by atoms with Crippen LogP contribution in [-0.2, 0) is 29.4 Å². The highest BCUT2D eigenvalue weighted by atomic mass is 79.9. The fourth-order valence-corrected chi connectivity index (χ4v) is 6.71. The molecular weight excluding hydrogens is 506 g/mol. The molecule has 1 aromatic heterocycles. The first-order chi connectivity index (χ1) is 15.8. The van der Waals surface area contributed by atoms with Gasteiger partial charge in [0.15, 0.2) is 0 Å². The van der Waals surface area contributed by atoms with Crippen LogP contribution in [0.2, 0.25) is 0 Å². The zero-order valence-electron chi connectivity index (χ0n) is 18.0. The van der Waals surface area contributed by atoms with Crippen molar-refractivity contribution in [1.82, 2.24) is 14.2 Å². The number of hydrogen-bond acceptors (Lipinski definition) is 4. The number of aryl methyl sites for hydroxylation is 2. The molecule has 0 unspecified atom stereocenters. The maximum absolute atomic E-state index is 13.0. The topological polar surface area (TPSA) is 88.5 Å². The van der Waals surface area contributed by atoms with Crippen LogP contribution >= 0.6 is 15.9 Å². The van der Waals surface area contributed by atoms with Gasteiger partial charge in [-0.25, -0.2) is 8.42 Å². The molecule has 7 nitrogen and oxygen atoms in total. The monoisotopic (exact) mass is 529 g/mol. The summed E-state index contributed by atoms with van der Waals surface area (Å²) in [6, 6.07) is 10.6. The van der Waals surface area contributed by atoms with Crippen LogP contribution in [0.4, 0.5) is 0 Å². The number of nitrogens with zero attached hydrogens (tertiary/aromatic N) is 2. The van der Waals surface area contributed by atoms with E-state index >= 15 is 0 Å². The van der Waals surface area contributed by atoms with Crippen molar-refractivity contribution in [3.8, 4) is 0 Å². The standard InChI is InChI=1S/C24H24BrN3O4S/c25-18-13-17-8-12-27-15-21(23(29)20(14-18)22(17)27)24(30)26-9-7-16-3-5-19(6-4-16)33(31,32)28-10-1-2-11-28/h3-6,13-15H,1-2,7-12H2,(H,26,30). The van der Waals surface area contributed by atoms with E-state index in [0.717, 1.165) is 46.9 Å². The number of nitrogens with one attached hydrogen (secondary N) is 1. The second-order valence-electron chi connectivity index (χ2n) is 8.54. The van der Waals surface area contributed by atoms with Gasteiger partial charge in [0.2, 0.25) is 15.5 Å². The van der Waals surface area contributed by atoms with Crippen molar-refractivity contribution >= 4 is 42.8 Å². The Balaban J connectivity index is 1.27. The van der Waals surface area contributed by atoms with Gasteiger partial charge >= 0.3 is 0 Å². The highest BCUT2D eigenvalue weighted by molar-refractivity contribution is 9.10. The molecule has 1 saturated heterocycles. The van der Waals surface area contributed by atoms with Crippen LogP contribution in [0.25, 0.3) is 10.9 Å². The summed E-state index contributed by atoms with van der Waals surface area (Å²) in [5, 5.41) is 3.39. The zero-order valence-corrected chi connectivity index (χ0v) is 20.4. The third-order valence-corrected chi connectivity index (χ3v) is 8.78. The summed E-state index contributed by atoms with van der Waals surface area (Å²) in [7, 11) is -3.43. The molecule has 3 aromatic rings. The molecule has 5 rings (SSSR count). The first-order valence-electron chi connectivity index (χ1n) is 11.1. The molecule has 2 aliphatic heterocycles. The molecule has 9 heteroatoms. The number of sulfonamides is 1. The summed E-state index contributed by atoms with van der Waals surface area (Å²) in [6.07, 6.45) is 4.83. The molecule has 0 saturated carbocycles. The van der Waals surface area contributed by atoms with Crippen LogP contribution in [0.1, 0.15) is 34.3 Å². The molecule has 33 heavy (non-hydrogen) atoms. The van der Waals surface area contributed by atoms with Crippen LogP contribution in [0.5, 0.6) is 0 Å². The van der Waals surface area contributed by atoms with E-state index in [1.807, 2.05) is 10.6 Å². The maximum atomic E-state index is 13.0. The fraction of sp³-hybridized carbons (Fsp3) is 0.333. The minimum atomic E-state index is -3.43. The number of pyridine rings is 1. The molecule has 0 atom stereocenters. The highest BCUT2D eigenvalue weighted by Crippen LogP contribution is 2.28. The molecule has 1 N–H and O–H groups in total. The summed E-state index contributed by atoms with van der Waals surface area (Å²) in [6.45, 7) is 2.24. The Kier molecular flexibility index (Phi) is 5.88. The van der Waals surface area contributed by atoms with E-state index < -0.39 is 15.9 Å². The van der Waals surface area contributed by atoms with Crippen molar-refractivity contribution in [1.29, 1.82) is 0 Å². The number of carbonyl (C=O) groups excluding carboxylic acids is 1. The average molecular weight is 530 g/mol. The van der Waals surface area contributed by atoms with Crippen molar-refractivity contribution < 1.29 is 13.2 Å². The van der Waals surface area contributed by atoms with Crippen LogP contribution in [0.3, 0.4) is 0 Å². The lowest BCUT2D eigenvalue weighted by Crippen LogP contribution is -2.31. The van der Waals surface area contributed by atoms with Crippen molar-refractivity contribution in [3.05, 3.63) is 74.0 Å². The van der Waals surface area contributed by atoms with E-state index in [-0.39, 0.29) is 11.0 Å². The van der Waals surface area contributed by atoms with Crippen molar-refractivity contribution in [2.24, 2.45) is 0 Å². The van der Waals surface area contributed by atoms with E-state index in [4.69, 9.17) is 0 Å². The van der Waals surface area contributed by atoms with Gasteiger partial charge in [-0.2, -0.15) is 4.31 Å². The predicted molar refractivity (Wildman–Crippen MR) is 130 cm³/mol. The Morgan fingerprint density at radius 1 is 1.06 bits per heavy atom. The quantitative estimate of drug-likeness (QED) is 0.531. The fourth-order valence-electron chi connectivity index (χ4n) is 4.68. The molecule has 1 amide bonds. The van der Waals surface area contributed by atoms with Crippen LogP contribution in [0.15, 0.2) is 56.8 Å². The van der Waals surface area contributed by atoms with Gasteiger partial charge in [-0.05, 0) is 61.1 Å². The van der Waals surface area contributed by atoms with Gasteiger partial charge in [0.05, 0.1) is 10.4 Å². The van der Waals surface area contributed by atoms with Gasteiger partial charge < -0.3 is 9.88 Å². The minimum Gasteiger partial charge on any atom is -0.352 e. The van der Waals surface area contributed by atoms with Gasteiger partial charge in [-0.1, -0.05) is 28.1 Å². The molecule has 0 radical (unpaired) electrons. The number of aromatic nitrogens is 1. The lowest BCUT2D eigenvalue weighted by Gasteiger charge is -2.15. The Labute approximate surface area is 200 Å². The summed E-state index contributed by atoms with van der Waals surface area (Å²) in [4.78, 5) is 26.0. The highest BCUT2D eigenvalue weighted by Gasteiger charge is 2.27. The normalized spacial score (nSPS) is 15.9. The van der Waals surface area contributed by atoms with Crippen molar-refractivity contribution in [2.75, 3.05) is 19.6 Å². The summed E-state index contributed by atoms with van der Waals surface area (Å²) < 4.78 is 29.6. The Morgan fingerprint density at radius 3 is 2.52 bits per heavy atom. The first-order valence-corrected chi connectivity index (χ1v) is 13.3. The van der Waals surface area contributed by atoms with E-state index in [9.17, 15) is 18.0 Å². The third kappa shape index (κ3) is 4.13. The molecule has 1 fully saturated rings. The SMILES string of the molecule is O=C(NCCc1ccc(S(=O)(=O)N2CCCC2)cc1)c1cn2c3c(cc(Br)cc3c1=O)CC2. The van der Waals surface area contributed by atoms with E-state index in [1.165, 1.54) is 4.31 Å². The Morgan fingerprint density at radius 2 is 1.79 bits per heavy atom. The van der Waals surface area contributed by atoms with Crippen molar-refractivity contribution in [2.45, 2.75) is 37.1 Å². The van der Waals surface area contributed by atoms with Gasteiger partial charge in [0.1, 0.15) is 5.56 Å². The Bertz CT molecular complexity index is 1410. The maximum Gasteiger partial charge on any atom is 0.256 e. The smallest absolute Gasteiger partial charge is 0.256 e. The lowest BCUT2D eigenvalue weighted by atomic mass is 10.1. The van der Waals surface area contributed by atoms with Gasteiger partial charge in [-0.3, -0.25) is 9.59 Å². The molecule has 2 aromatic carbocycles. The first kappa shape index (κ1) is 22.3. The average Bonchev–Trinajstić information content (AvgIpc) is 3.47. The van der Waals surface area contributed by atoms with E-state index in [0.29, 0.717) is 36.3 Å². The summed E-state index contributed by atoms with van der Waals surface area (Å²) in [5.74, 6) is -0.396. The molecule has 0 bridgehead atoms. The lowest BCUT2D eigenvalue weighted by molar-refractivity contribution is 0.0952. The molecule has 3 heterocycles. The van der Waals surface area contributed by atoms with E-state index in [2.05, 4.69) is 21.2 Å². The van der Waals surface area contributed by atoms with Crippen LogP contribution in [-0.4, -0.2) is 42.8 Å². The van der Waals surface area contributed by atoms with Crippen LogP contribution in [0, 0.1) is 0 Å². The Hall–Kier alpha value is -2.49. The predicted octanol–water partition coefficient (Wildman–Crippen LogP) is 3.08. The second-order valence-corrected chi connectivity index (χ2v) is 11.4. The van der Waals surface area contributed by atoms with Crippen molar-refractivity contribution in [3.63, 3.8) is 0 Å². The van der Waals surface area contributed by atoms with Gasteiger partial charge in [-0.15, -0.1) is 0 Å². The molecule has 172 valence electrons. The molecular formula is C24H24BrN3O4S. The number of carbonyl (C=O) groups is 1. The number of amides is 1. The second kappa shape index (κ2) is 8.70. The van der Waals surface area contributed by atoms with Crippen LogP contribution < -0.4 is 10.7 Å².